The molecular formula is C25H29NO8. The number of hydrogen-bond donors (Lipinski definition) is 1. The van der Waals surface area contributed by atoms with Crippen LogP contribution in [0.25, 0.3) is 11.1 Å². The van der Waals surface area contributed by atoms with E-state index in [0.717, 1.165) is 0 Å². The lowest BCUT2D eigenvalue weighted by Crippen LogP contribution is -2.45. The van der Waals surface area contributed by atoms with Gasteiger partial charge in [0.15, 0.2) is 0 Å². The Labute approximate surface area is 198 Å². The zero-order valence-electron chi connectivity index (χ0n) is 20.1. The van der Waals surface area contributed by atoms with Gasteiger partial charge in [-0.3, -0.25) is 9.59 Å². The van der Waals surface area contributed by atoms with E-state index in [1.54, 1.807) is 63.2 Å². The van der Waals surface area contributed by atoms with Crippen LogP contribution in [-0.2, 0) is 30.3 Å². The average Bonchev–Trinajstić information content (AvgIpc) is 2.72. The summed E-state index contributed by atoms with van der Waals surface area (Å²) < 4.78 is 20.7. The minimum Gasteiger partial charge on any atom is -0.467 e. The number of amides is 1. The van der Waals surface area contributed by atoms with Crippen LogP contribution in [0.3, 0.4) is 0 Å². The number of para-hydroxylation sites is 1. The zero-order chi connectivity index (χ0) is 25.5. The molecule has 9 heteroatoms. The minimum absolute atomic E-state index is 0.0645. The highest BCUT2D eigenvalue weighted by Crippen LogP contribution is 2.37. The standard InChI is InChI=1S/C25H29NO8/c1-15(27)32-21-10-8-7-9-18(21)19-13-17(11-12-22(19)33-16(2)28)14-20(23(29)31-6)26-24(30)34-25(3,4)5/h7-13,20H,14H2,1-6H3,(H,26,30)/t20-/m0/s1. The van der Waals surface area contributed by atoms with E-state index in [9.17, 15) is 19.2 Å². The first-order chi connectivity index (χ1) is 15.9. The number of esters is 3. The van der Waals surface area contributed by atoms with Crippen molar-refractivity contribution in [2.45, 2.75) is 52.7 Å². The van der Waals surface area contributed by atoms with Gasteiger partial charge in [0.05, 0.1) is 7.11 Å². The van der Waals surface area contributed by atoms with Crippen molar-refractivity contribution in [3.63, 3.8) is 0 Å². The highest BCUT2D eigenvalue weighted by molar-refractivity contribution is 5.84. The number of carbonyl (C=O) groups is 4. The molecule has 2 aromatic carbocycles. The van der Waals surface area contributed by atoms with Crippen molar-refractivity contribution in [1.82, 2.24) is 5.32 Å². The first-order valence-electron chi connectivity index (χ1n) is 10.6. The molecule has 0 bridgehead atoms. The summed E-state index contributed by atoms with van der Waals surface area (Å²) in [6.45, 7) is 7.68. The van der Waals surface area contributed by atoms with E-state index < -0.39 is 35.6 Å². The number of rotatable bonds is 7. The fourth-order valence-electron chi connectivity index (χ4n) is 3.11. The van der Waals surface area contributed by atoms with Crippen LogP contribution in [0.2, 0.25) is 0 Å². The van der Waals surface area contributed by atoms with Gasteiger partial charge in [0.1, 0.15) is 23.1 Å². The van der Waals surface area contributed by atoms with Crippen LogP contribution in [-0.4, -0.2) is 42.8 Å². The molecule has 9 nitrogen and oxygen atoms in total. The summed E-state index contributed by atoms with van der Waals surface area (Å²) in [4.78, 5) is 47.8. The summed E-state index contributed by atoms with van der Waals surface area (Å²) >= 11 is 0. The topological polar surface area (TPSA) is 117 Å². The first kappa shape index (κ1) is 26.4. The highest BCUT2D eigenvalue weighted by atomic mass is 16.6. The molecular weight excluding hydrogens is 442 g/mol. The molecule has 0 heterocycles. The summed E-state index contributed by atoms with van der Waals surface area (Å²) in [5.41, 5.74) is 0.843. The molecule has 182 valence electrons. The molecule has 1 amide bonds. The normalized spacial score (nSPS) is 11.7. The third kappa shape index (κ3) is 7.91. The number of nitrogens with one attached hydrogen (secondary N) is 1. The van der Waals surface area contributed by atoms with Crippen molar-refractivity contribution in [1.29, 1.82) is 0 Å². The summed E-state index contributed by atoms with van der Waals surface area (Å²) in [5, 5.41) is 2.53. The van der Waals surface area contributed by atoms with E-state index in [0.29, 0.717) is 16.7 Å². The van der Waals surface area contributed by atoms with Crippen LogP contribution in [0.5, 0.6) is 11.5 Å². The smallest absolute Gasteiger partial charge is 0.408 e. The molecule has 0 saturated carbocycles. The fraction of sp³-hybridized carbons (Fsp3) is 0.360. The Bertz CT molecular complexity index is 1070. The Morgan fingerprint density at radius 1 is 0.882 bits per heavy atom. The third-order valence-electron chi connectivity index (χ3n) is 4.35. The summed E-state index contributed by atoms with van der Waals surface area (Å²) in [6, 6.07) is 10.7. The maximum atomic E-state index is 12.3. The van der Waals surface area contributed by atoms with Crippen molar-refractivity contribution in [2.24, 2.45) is 0 Å². The van der Waals surface area contributed by atoms with Gasteiger partial charge in [-0.1, -0.05) is 24.3 Å². The van der Waals surface area contributed by atoms with Crippen molar-refractivity contribution < 1.29 is 38.1 Å². The summed E-state index contributed by atoms with van der Waals surface area (Å²) in [7, 11) is 1.22. The summed E-state index contributed by atoms with van der Waals surface area (Å²) in [6.07, 6.45) is -0.700. The average molecular weight is 472 g/mol. The van der Waals surface area contributed by atoms with Gasteiger partial charge in [0.2, 0.25) is 0 Å². The van der Waals surface area contributed by atoms with E-state index in [1.165, 1.54) is 21.0 Å². The Morgan fingerprint density at radius 2 is 1.47 bits per heavy atom. The number of carbonyl (C=O) groups excluding carboxylic acids is 4. The van der Waals surface area contributed by atoms with Crippen LogP contribution < -0.4 is 14.8 Å². The van der Waals surface area contributed by atoms with E-state index in [4.69, 9.17) is 18.9 Å². The molecule has 0 spiro atoms. The monoisotopic (exact) mass is 471 g/mol. The van der Waals surface area contributed by atoms with Gasteiger partial charge >= 0.3 is 24.0 Å². The Balaban J connectivity index is 2.46. The molecule has 0 aliphatic rings. The van der Waals surface area contributed by atoms with Gasteiger partial charge in [-0.05, 0) is 44.5 Å². The van der Waals surface area contributed by atoms with Crippen LogP contribution >= 0.6 is 0 Å². The second-order valence-electron chi connectivity index (χ2n) is 8.44. The van der Waals surface area contributed by atoms with E-state index >= 15 is 0 Å². The molecule has 0 unspecified atom stereocenters. The van der Waals surface area contributed by atoms with Gasteiger partial charge < -0.3 is 24.3 Å². The lowest BCUT2D eigenvalue weighted by molar-refractivity contribution is -0.143. The molecule has 2 rings (SSSR count). The Kier molecular flexibility index (Phi) is 8.77. The SMILES string of the molecule is COC(=O)[C@H](Cc1ccc(OC(C)=O)c(-c2ccccc2OC(C)=O)c1)NC(=O)OC(C)(C)C. The van der Waals surface area contributed by atoms with Gasteiger partial charge in [-0.15, -0.1) is 0 Å². The zero-order valence-corrected chi connectivity index (χ0v) is 20.1. The minimum atomic E-state index is -1.03. The molecule has 1 N–H and O–H groups in total. The second-order valence-corrected chi connectivity index (χ2v) is 8.44. The largest absolute Gasteiger partial charge is 0.467 e. The van der Waals surface area contributed by atoms with Crippen LogP contribution in [0, 0.1) is 0 Å². The fourth-order valence-corrected chi connectivity index (χ4v) is 3.11. The molecule has 0 aromatic heterocycles. The molecule has 1 atom stereocenters. The molecule has 34 heavy (non-hydrogen) atoms. The molecule has 0 aliphatic carbocycles. The van der Waals surface area contributed by atoms with Crippen molar-refractivity contribution in [2.75, 3.05) is 7.11 Å². The first-order valence-corrected chi connectivity index (χ1v) is 10.6. The molecule has 0 aliphatic heterocycles. The number of methoxy groups -OCH3 is 1. The van der Waals surface area contributed by atoms with Crippen LogP contribution in [0.15, 0.2) is 42.5 Å². The van der Waals surface area contributed by atoms with E-state index in [1.807, 2.05) is 0 Å². The van der Waals surface area contributed by atoms with Crippen molar-refractivity contribution >= 4 is 24.0 Å². The van der Waals surface area contributed by atoms with Crippen LogP contribution in [0.1, 0.15) is 40.2 Å². The lowest BCUT2D eigenvalue weighted by atomic mass is 9.97. The highest BCUT2D eigenvalue weighted by Gasteiger charge is 2.26. The van der Waals surface area contributed by atoms with Gasteiger partial charge in [0.25, 0.3) is 0 Å². The number of benzene rings is 2. The second kappa shape index (κ2) is 11.3. The summed E-state index contributed by atoms with van der Waals surface area (Å²) in [5.74, 6) is -1.18. The molecule has 0 fully saturated rings. The predicted octanol–water partition coefficient (Wildman–Crippen LogP) is 3.81. The van der Waals surface area contributed by atoms with Crippen molar-refractivity contribution in [3.05, 3.63) is 48.0 Å². The number of ether oxygens (including phenoxy) is 4. The van der Waals surface area contributed by atoms with E-state index in [-0.39, 0.29) is 17.9 Å². The quantitative estimate of drug-likeness (QED) is 0.479. The van der Waals surface area contributed by atoms with Crippen molar-refractivity contribution in [3.8, 4) is 22.6 Å². The maximum absolute atomic E-state index is 12.3. The molecule has 0 saturated heterocycles. The lowest BCUT2D eigenvalue weighted by Gasteiger charge is -2.23. The third-order valence-corrected chi connectivity index (χ3v) is 4.35. The maximum Gasteiger partial charge on any atom is 0.408 e. The van der Waals surface area contributed by atoms with Gasteiger partial charge in [0, 0.05) is 31.4 Å². The van der Waals surface area contributed by atoms with Gasteiger partial charge in [-0.2, -0.15) is 0 Å². The Morgan fingerprint density at radius 3 is 2.03 bits per heavy atom. The number of hydrogen-bond acceptors (Lipinski definition) is 8. The van der Waals surface area contributed by atoms with E-state index in [2.05, 4.69) is 5.32 Å². The Hall–Kier alpha value is -3.88. The number of alkyl carbamates (subject to hydrolysis) is 1. The van der Waals surface area contributed by atoms with Crippen LogP contribution in [0.4, 0.5) is 4.79 Å². The predicted molar refractivity (Wildman–Crippen MR) is 123 cm³/mol. The van der Waals surface area contributed by atoms with Gasteiger partial charge in [-0.25, -0.2) is 9.59 Å². The molecule has 0 radical (unpaired) electrons. The molecule has 2 aromatic rings.